The van der Waals surface area contributed by atoms with Gasteiger partial charge in [-0.2, -0.15) is 5.10 Å². The lowest BCUT2D eigenvalue weighted by atomic mass is 10.2. The van der Waals surface area contributed by atoms with Crippen molar-refractivity contribution in [1.82, 2.24) is 25.0 Å². The maximum Gasteiger partial charge on any atom is 0.407 e. The number of anilines is 1. The standard InChI is InChI=1S/C23H29ClN6O3/c1-28(23(31)32)12-3-10-25-17-9-13-29(15-17)22-20-19(24)8-11-26-21(20)30(27-22)14-16-4-6-18(33-2)7-5-16/h4-8,11,17,25H,3,9-10,12-15H2,1-2H3,(H,31,32). The molecule has 0 aliphatic carbocycles. The molecule has 33 heavy (non-hydrogen) atoms. The third-order valence-corrected chi connectivity index (χ3v) is 6.29. The van der Waals surface area contributed by atoms with E-state index in [1.807, 2.05) is 28.9 Å². The number of nitrogens with one attached hydrogen (secondary N) is 1. The minimum Gasteiger partial charge on any atom is -0.497 e. The van der Waals surface area contributed by atoms with Crippen molar-refractivity contribution in [2.45, 2.75) is 25.4 Å². The van der Waals surface area contributed by atoms with Gasteiger partial charge in [0.15, 0.2) is 11.5 Å². The fraction of sp³-hybridized carbons (Fsp3) is 0.435. The third-order valence-electron chi connectivity index (χ3n) is 5.97. The lowest BCUT2D eigenvalue weighted by Crippen LogP contribution is -2.35. The average molecular weight is 473 g/mol. The Morgan fingerprint density at radius 2 is 2.12 bits per heavy atom. The molecule has 1 amide bonds. The van der Waals surface area contributed by atoms with Gasteiger partial charge in [0.25, 0.3) is 0 Å². The van der Waals surface area contributed by atoms with Crippen molar-refractivity contribution in [1.29, 1.82) is 0 Å². The van der Waals surface area contributed by atoms with E-state index in [-0.39, 0.29) is 0 Å². The summed E-state index contributed by atoms with van der Waals surface area (Å²) in [7, 11) is 3.24. The highest BCUT2D eigenvalue weighted by molar-refractivity contribution is 6.36. The van der Waals surface area contributed by atoms with Gasteiger partial charge in [0, 0.05) is 38.9 Å². The molecule has 1 aliphatic rings. The van der Waals surface area contributed by atoms with Crippen LogP contribution in [0.1, 0.15) is 18.4 Å². The molecule has 0 radical (unpaired) electrons. The van der Waals surface area contributed by atoms with Gasteiger partial charge in [-0.25, -0.2) is 14.5 Å². The maximum atomic E-state index is 10.9. The van der Waals surface area contributed by atoms with Crippen LogP contribution in [0.4, 0.5) is 10.6 Å². The second-order valence-corrected chi connectivity index (χ2v) is 8.67. The predicted molar refractivity (Wildman–Crippen MR) is 129 cm³/mol. The van der Waals surface area contributed by atoms with Crippen LogP contribution in [-0.4, -0.2) is 77.2 Å². The van der Waals surface area contributed by atoms with Gasteiger partial charge in [0.05, 0.1) is 24.1 Å². The molecule has 9 nitrogen and oxygen atoms in total. The third kappa shape index (κ3) is 5.31. The van der Waals surface area contributed by atoms with E-state index in [0.717, 1.165) is 60.6 Å². The van der Waals surface area contributed by atoms with Gasteiger partial charge in [0.1, 0.15) is 5.75 Å². The van der Waals surface area contributed by atoms with Crippen molar-refractivity contribution in [3.8, 4) is 5.75 Å². The number of carbonyl (C=O) groups is 1. The predicted octanol–water partition coefficient (Wildman–Crippen LogP) is 3.31. The van der Waals surface area contributed by atoms with Gasteiger partial charge in [-0.3, -0.25) is 0 Å². The minimum absolute atomic E-state index is 0.317. The summed E-state index contributed by atoms with van der Waals surface area (Å²) in [5, 5.41) is 18.9. The zero-order chi connectivity index (χ0) is 23.4. The molecule has 1 fully saturated rings. The van der Waals surface area contributed by atoms with Crippen LogP contribution >= 0.6 is 11.6 Å². The Labute approximate surface area is 197 Å². The number of benzene rings is 1. The van der Waals surface area contributed by atoms with E-state index in [4.69, 9.17) is 26.5 Å². The molecule has 176 valence electrons. The molecule has 2 N–H and O–H groups in total. The van der Waals surface area contributed by atoms with E-state index >= 15 is 0 Å². The zero-order valence-corrected chi connectivity index (χ0v) is 19.6. The van der Waals surface area contributed by atoms with E-state index in [0.29, 0.717) is 24.2 Å². The summed E-state index contributed by atoms with van der Waals surface area (Å²) in [6.07, 6.45) is 2.57. The Kier molecular flexibility index (Phi) is 7.20. The van der Waals surface area contributed by atoms with Crippen LogP contribution in [0.15, 0.2) is 36.5 Å². The first kappa shape index (κ1) is 23.1. The number of amides is 1. The van der Waals surface area contributed by atoms with Crippen LogP contribution in [0.3, 0.4) is 0 Å². The first-order valence-corrected chi connectivity index (χ1v) is 11.4. The smallest absolute Gasteiger partial charge is 0.407 e. The van der Waals surface area contributed by atoms with E-state index in [1.165, 1.54) is 4.90 Å². The Morgan fingerprint density at radius 3 is 2.85 bits per heavy atom. The molecule has 1 atom stereocenters. The molecule has 3 aromatic rings. The van der Waals surface area contributed by atoms with Crippen molar-refractivity contribution >= 4 is 34.5 Å². The first-order chi connectivity index (χ1) is 16.0. The SMILES string of the molecule is COc1ccc(Cn2nc(N3CCC(NCCCN(C)C(=O)O)C3)c3c(Cl)ccnc32)cc1. The van der Waals surface area contributed by atoms with E-state index in [1.54, 1.807) is 26.4 Å². The van der Waals surface area contributed by atoms with Gasteiger partial charge in [-0.15, -0.1) is 0 Å². The molecule has 0 saturated carbocycles. The van der Waals surface area contributed by atoms with Crippen LogP contribution < -0.4 is 15.0 Å². The second-order valence-electron chi connectivity index (χ2n) is 8.26. The molecule has 4 rings (SSSR count). The van der Waals surface area contributed by atoms with Crippen molar-refractivity contribution in [2.24, 2.45) is 0 Å². The average Bonchev–Trinajstić information content (AvgIpc) is 3.42. The summed E-state index contributed by atoms with van der Waals surface area (Å²) >= 11 is 6.59. The topological polar surface area (TPSA) is 95.8 Å². The van der Waals surface area contributed by atoms with E-state index < -0.39 is 6.09 Å². The number of carboxylic acid groups (broad SMARTS) is 1. The fourth-order valence-corrected chi connectivity index (χ4v) is 4.34. The molecule has 1 aliphatic heterocycles. The van der Waals surface area contributed by atoms with Crippen LogP contribution in [0.25, 0.3) is 11.0 Å². The largest absolute Gasteiger partial charge is 0.497 e. The summed E-state index contributed by atoms with van der Waals surface area (Å²) in [5.74, 6) is 1.67. The highest BCUT2D eigenvalue weighted by atomic mass is 35.5. The van der Waals surface area contributed by atoms with Gasteiger partial charge in [-0.05, 0) is 43.1 Å². The summed E-state index contributed by atoms with van der Waals surface area (Å²) < 4.78 is 7.15. The summed E-state index contributed by atoms with van der Waals surface area (Å²) in [6, 6.07) is 10.0. The number of ether oxygens (including phenoxy) is 1. The minimum atomic E-state index is -0.898. The number of pyridine rings is 1. The number of fused-ring (bicyclic) bond motifs is 1. The first-order valence-electron chi connectivity index (χ1n) is 11.0. The molecular formula is C23H29ClN6O3. The molecule has 0 spiro atoms. The van der Waals surface area contributed by atoms with Crippen molar-refractivity contribution in [3.05, 3.63) is 47.1 Å². The monoisotopic (exact) mass is 472 g/mol. The number of rotatable bonds is 9. The van der Waals surface area contributed by atoms with Crippen LogP contribution in [0, 0.1) is 0 Å². The van der Waals surface area contributed by atoms with E-state index in [9.17, 15) is 4.79 Å². The lowest BCUT2D eigenvalue weighted by Gasteiger charge is -2.18. The van der Waals surface area contributed by atoms with Crippen molar-refractivity contribution < 1.29 is 14.6 Å². The molecular weight excluding hydrogens is 444 g/mol. The normalized spacial score (nSPS) is 15.8. The molecule has 10 heteroatoms. The maximum absolute atomic E-state index is 10.9. The van der Waals surface area contributed by atoms with Crippen molar-refractivity contribution in [3.63, 3.8) is 0 Å². The number of hydrogen-bond acceptors (Lipinski definition) is 6. The van der Waals surface area contributed by atoms with Gasteiger partial charge < -0.3 is 25.0 Å². The van der Waals surface area contributed by atoms with Gasteiger partial charge >= 0.3 is 6.09 Å². The molecule has 1 unspecified atom stereocenters. The Morgan fingerprint density at radius 1 is 1.33 bits per heavy atom. The van der Waals surface area contributed by atoms with Crippen LogP contribution in [0.5, 0.6) is 5.75 Å². The molecule has 1 saturated heterocycles. The van der Waals surface area contributed by atoms with Crippen LogP contribution in [-0.2, 0) is 6.54 Å². The Balaban J connectivity index is 1.46. The lowest BCUT2D eigenvalue weighted by molar-refractivity contribution is 0.155. The Bertz CT molecular complexity index is 1100. The zero-order valence-electron chi connectivity index (χ0n) is 18.9. The quantitative estimate of drug-likeness (QED) is 0.461. The fourth-order valence-electron chi connectivity index (χ4n) is 4.12. The number of methoxy groups -OCH3 is 1. The Hall–Kier alpha value is -3.04. The number of hydrogen-bond donors (Lipinski definition) is 2. The summed E-state index contributed by atoms with van der Waals surface area (Å²) in [4.78, 5) is 19.0. The number of nitrogens with zero attached hydrogens (tertiary/aromatic N) is 5. The second kappa shape index (κ2) is 10.3. The number of halogens is 1. The highest BCUT2D eigenvalue weighted by Gasteiger charge is 2.27. The van der Waals surface area contributed by atoms with E-state index in [2.05, 4.69) is 15.2 Å². The van der Waals surface area contributed by atoms with Gasteiger partial charge in [0.2, 0.25) is 0 Å². The summed E-state index contributed by atoms with van der Waals surface area (Å²) in [5.41, 5.74) is 1.86. The van der Waals surface area contributed by atoms with Crippen LogP contribution in [0.2, 0.25) is 5.02 Å². The molecule has 2 aromatic heterocycles. The summed E-state index contributed by atoms with van der Waals surface area (Å²) in [6.45, 7) is 3.55. The molecule has 3 heterocycles. The highest BCUT2D eigenvalue weighted by Crippen LogP contribution is 2.33. The molecule has 1 aromatic carbocycles. The van der Waals surface area contributed by atoms with Crippen molar-refractivity contribution in [2.75, 3.05) is 45.2 Å². The molecule has 0 bridgehead atoms. The van der Waals surface area contributed by atoms with Gasteiger partial charge in [-0.1, -0.05) is 23.7 Å². The number of aromatic nitrogens is 3.